The maximum atomic E-state index is 5.50. The fourth-order valence-corrected chi connectivity index (χ4v) is 3.05. The van der Waals surface area contributed by atoms with E-state index in [1.807, 2.05) is 12.1 Å². The van der Waals surface area contributed by atoms with Gasteiger partial charge in [-0.2, -0.15) is 0 Å². The first-order chi connectivity index (χ1) is 11.1. The van der Waals surface area contributed by atoms with Crippen LogP contribution >= 0.6 is 12.2 Å². The highest BCUT2D eigenvalue weighted by Gasteiger charge is 2.21. The van der Waals surface area contributed by atoms with Gasteiger partial charge in [0.15, 0.2) is 5.11 Å². The molecule has 0 aliphatic carbocycles. The Labute approximate surface area is 145 Å². The molecule has 1 fully saturated rings. The summed E-state index contributed by atoms with van der Waals surface area (Å²) in [5.74, 6) is 0.921. The minimum Gasteiger partial charge on any atom is -0.497 e. The zero-order valence-corrected chi connectivity index (χ0v) is 15.3. The number of rotatable bonds is 6. The van der Waals surface area contributed by atoms with Crippen LogP contribution in [-0.4, -0.2) is 70.5 Å². The lowest BCUT2D eigenvalue weighted by molar-refractivity contribution is -0.917. The lowest BCUT2D eigenvalue weighted by atomic mass is 10.2. The largest absolute Gasteiger partial charge is 0.497 e. The Balaban J connectivity index is 1.71. The molecule has 5 nitrogen and oxygen atoms in total. The van der Waals surface area contributed by atoms with Crippen molar-refractivity contribution >= 4 is 17.3 Å². The molecule has 0 saturated carbocycles. The molecule has 128 valence electrons. The molecule has 2 rings (SSSR count). The number of quaternary nitrogens is 2. The zero-order chi connectivity index (χ0) is 16.7. The lowest BCUT2D eigenvalue weighted by Crippen LogP contribution is -3.13. The van der Waals surface area contributed by atoms with Crippen molar-refractivity contribution in [2.45, 2.75) is 6.54 Å². The van der Waals surface area contributed by atoms with E-state index in [1.165, 1.54) is 10.5 Å². The highest BCUT2D eigenvalue weighted by atomic mass is 32.1. The van der Waals surface area contributed by atoms with Crippen LogP contribution in [0.4, 0.5) is 0 Å². The van der Waals surface area contributed by atoms with Gasteiger partial charge in [-0.15, -0.1) is 0 Å². The average Bonchev–Trinajstić information content (AvgIpc) is 2.56. The number of nitrogens with zero attached hydrogens (tertiary/aromatic N) is 1. The first-order valence-electron chi connectivity index (χ1n) is 8.37. The van der Waals surface area contributed by atoms with Crippen LogP contribution in [0.5, 0.6) is 5.75 Å². The molecular weight excluding hydrogens is 308 g/mol. The Morgan fingerprint density at radius 3 is 2.48 bits per heavy atom. The minimum absolute atomic E-state index is 0.912. The van der Waals surface area contributed by atoms with Crippen molar-refractivity contribution in [2.75, 3.05) is 60.5 Å². The molecule has 1 aliphatic rings. The van der Waals surface area contributed by atoms with Crippen LogP contribution in [0.1, 0.15) is 5.56 Å². The van der Waals surface area contributed by atoms with Crippen molar-refractivity contribution in [1.82, 2.24) is 10.2 Å². The third-order valence-electron chi connectivity index (χ3n) is 4.27. The summed E-state index contributed by atoms with van der Waals surface area (Å²) in [6, 6.07) is 8.40. The summed E-state index contributed by atoms with van der Waals surface area (Å²) < 4.78 is 5.21. The Bertz CT molecular complexity index is 484. The SMILES string of the molecule is COc1ccc(C[NH+]2CCN(C(=S)NCC[NH+](C)C)CC2)cc1. The van der Waals surface area contributed by atoms with E-state index in [0.717, 1.165) is 56.7 Å². The van der Waals surface area contributed by atoms with Crippen LogP contribution < -0.4 is 19.9 Å². The molecule has 0 aromatic heterocycles. The molecule has 0 atom stereocenters. The topological polar surface area (TPSA) is 33.4 Å². The number of piperazine rings is 1. The molecule has 1 aromatic rings. The van der Waals surface area contributed by atoms with E-state index in [1.54, 1.807) is 12.0 Å². The normalized spacial score (nSPS) is 15.7. The van der Waals surface area contributed by atoms with Gasteiger partial charge >= 0.3 is 0 Å². The summed E-state index contributed by atoms with van der Waals surface area (Å²) in [5.41, 5.74) is 1.36. The van der Waals surface area contributed by atoms with Gasteiger partial charge in [0.2, 0.25) is 0 Å². The van der Waals surface area contributed by atoms with Gasteiger partial charge in [-0.3, -0.25) is 0 Å². The van der Waals surface area contributed by atoms with Crippen LogP contribution in [0.25, 0.3) is 0 Å². The predicted octanol–water partition coefficient (Wildman–Crippen LogP) is -1.59. The smallest absolute Gasteiger partial charge is 0.169 e. The molecule has 0 amide bonds. The zero-order valence-electron chi connectivity index (χ0n) is 14.5. The van der Waals surface area contributed by atoms with Crippen LogP contribution in [0.2, 0.25) is 0 Å². The molecule has 6 heteroatoms. The number of nitrogens with one attached hydrogen (secondary N) is 3. The second kappa shape index (κ2) is 9.05. The van der Waals surface area contributed by atoms with Crippen LogP contribution in [0.15, 0.2) is 24.3 Å². The molecule has 1 aromatic carbocycles. The van der Waals surface area contributed by atoms with Gasteiger partial charge in [0.25, 0.3) is 0 Å². The molecule has 23 heavy (non-hydrogen) atoms. The Morgan fingerprint density at radius 1 is 1.26 bits per heavy atom. The van der Waals surface area contributed by atoms with Crippen molar-refractivity contribution < 1.29 is 14.5 Å². The van der Waals surface area contributed by atoms with E-state index in [4.69, 9.17) is 17.0 Å². The van der Waals surface area contributed by atoms with Gasteiger partial charge in [-0.1, -0.05) is 0 Å². The number of ether oxygens (including phenoxy) is 1. The quantitative estimate of drug-likeness (QED) is 0.547. The molecule has 1 aliphatic heterocycles. The molecular formula is C17H30N4OS+2. The Hall–Kier alpha value is -1.37. The van der Waals surface area contributed by atoms with Crippen molar-refractivity contribution in [3.8, 4) is 5.75 Å². The number of hydrogen-bond donors (Lipinski definition) is 3. The second-order valence-corrected chi connectivity index (χ2v) is 6.84. The van der Waals surface area contributed by atoms with Gasteiger partial charge in [0.1, 0.15) is 12.3 Å². The van der Waals surface area contributed by atoms with Crippen LogP contribution in [-0.2, 0) is 6.54 Å². The number of thiocarbonyl (C=S) groups is 1. The summed E-state index contributed by atoms with van der Waals surface area (Å²) in [6.45, 7) is 7.43. The maximum absolute atomic E-state index is 5.50. The van der Waals surface area contributed by atoms with Gasteiger partial charge < -0.3 is 24.8 Å². The van der Waals surface area contributed by atoms with E-state index in [-0.39, 0.29) is 0 Å². The van der Waals surface area contributed by atoms with Crippen molar-refractivity contribution in [2.24, 2.45) is 0 Å². The molecule has 0 bridgehead atoms. The average molecular weight is 339 g/mol. The summed E-state index contributed by atoms with van der Waals surface area (Å²) in [6.07, 6.45) is 0. The molecule has 0 spiro atoms. The second-order valence-electron chi connectivity index (χ2n) is 6.45. The summed E-state index contributed by atoms with van der Waals surface area (Å²) in [4.78, 5) is 5.36. The number of hydrogen-bond acceptors (Lipinski definition) is 2. The Kier molecular flexibility index (Phi) is 7.08. The standard InChI is InChI=1S/C17H28N4OS/c1-19(2)9-8-18-17(23)21-12-10-20(11-13-21)14-15-4-6-16(22-3)7-5-15/h4-7H,8-14H2,1-3H3,(H,18,23)/p+2. The molecule has 0 unspecified atom stereocenters. The fraction of sp³-hybridized carbons (Fsp3) is 0.588. The van der Waals surface area contributed by atoms with Crippen LogP contribution in [0.3, 0.4) is 0 Å². The van der Waals surface area contributed by atoms with Crippen molar-refractivity contribution in [3.05, 3.63) is 29.8 Å². The monoisotopic (exact) mass is 338 g/mol. The first kappa shape index (κ1) is 18.0. The van der Waals surface area contributed by atoms with Gasteiger partial charge in [-0.25, -0.2) is 0 Å². The highest BCUT2D eigenvalue weighted by molar-refractivity contribution is 7.80. The molecule has 1 heterocycles. The maximum Gasteiger partial charge on any atom is 0.169 e. The Morgan fingerprint density at radius 2 is 1.91 bits per heavy atom. The van der Waals surface area contributed by atoms with Crippen LogP contribution in [0, 0.1) is 0 Å². The fourth-order valence-electron chi connectivity index (χ4n) is 2.77. The lowest BCUT2D eigenvalue weighted by Gasteiger charge is -2.34. The third kappa shape index (κ3) is 5.97. The summed E-state index contributed by atoms with van der Waals surface area (Å²) in [7, 11) is 6.02. The number of methoxy groups -OCH3 is 1. The molecule has 3 N–H and O–H groups in total. The van der Waals surface area contributed by atoms with Gasteiger partial charge in [-0.05, 0) is 36.5 Å². The minimum atomic E-state index is 0.912. The van der Waals surface area contributed by atoms with E-state index >= 15 is 0 Å². The van der Waals surface area contributed by atoms with Crippen molar-refractivity contribution in [3.63, 3.8) is 0 Å². The molecule has 0 radical (unpaired) electrons. The van der Waals surface area contributed by atoms with E-state index in [9.17, 15) is 0 Å². The molecule has 1 saturated heterocycles. The van der Waals surface area contributed by atoms with Gasteiger partial charge in [0, 0.05) is 5.56 Å². The first-order valence-corrected chi connectivity index (χ1v) is 8.77. The summed E-state index contributed by atoms with van der Waals surface area (Å²) >= 11 is 5.50. The van der Waals surface area contributed by atoms with E-state index in [0.29, 0.717) is 0 Å². The van der Waals surface area contributed by atoms with E-state index in [2.05, 4.69) is 36.4 Å². The van der Waals surface area contributed by atoms with Gasteiger partial charge in [0.05, 0.1) is 60.5 Å². The highest BCUT2D eigenvalue weighted by Crippen LogP contribution is 2.10. The number of likely N-dealkylation sites (N-methyl/N-ethyl adjacent to an activating group) is 1. The van der Waals surface area contributed by atoms with E-state index < -0.39 is 0 Å². The third-order valence-corrected chi connectivity index (χ3v) is 4.67. The number of benzene rings is 1. The van der Waals surface area contributed by atoms with Crippen molar-refractivity contribution in [1.29, 1.82) is 0 Å². The predicted molar refractivity (Wildman–Crippen MR) is 97.2 cm³/mol. The summed E-state index contributed by atoms with van der Waals surface area (Å²) in [5, 5.41) is 4.29.